The largest absolute Gasteiger partial charge is 0.437 e. The Morgan fingerprint density at radius 1 is 1.00 bits per heavy atom. The number of nitrogens with one attached hydrogen (secondary N) is 1. The lowest BCUT2D eigenvalue weighted by Crippen LogP contribution is -2.24. The standard InChI is InChI=1S/C24H20F2N4O2/c25-24(26)11-9-15(10-12-24)20-23(28-14-13-27-20)32-17-7-5-16(6-8-17)21(31)22-29-18-3-1-2-4-19(18)30-22/h1-8,13-15H,9-12H2,(H,29,30). The third kappa shape index (κ3) is 4.08. The van der Waals surface area contributed by atoms with E-state index in [0.29, 0.717) is 35.7 Å². The molecule has 0 aliphatic heterocycles. The number of carbonyl (C=O) groups is 1. The molecule has 1 fully saturated rings. The molecule has 8 heteroatoms. The summed E-state index contributed by atoms with van der Waals surface area (Å²) < 4.78 is 33.0. The van der Waals surface area contributed by atoms with Crippen LogP contribution in [0.3, 0.4) is 0 Å². The predicted molar refractivity (Wildman–Crippen MR) is 114 cm³/mol. The minimum atomic E-state index is -2.61. The molecule has 1 aliphatic rings. The third-order valence-corrected chi connectivity index (χ3v) is 5.73. The van der Waals surface area contributed by atoms with E-state index in [0.717, 1.165) is 11.0 Å². The van der Waals surface area contributed by atoms with Crippen molar-refractivity contribution in [2.24, 2.45) is 0 Å². The van der Waals surface area contributed by atoms with Gasteiger partial charge in [0.2, 0.25) is 17.6 Å². The SMILES string of the molecule is O=C(c1ccc(Oc2nccnc2C2CCC(F)(F)CC2)cc1)c1nc2ccccc2[nH]1. The summed E-state index contributed by atoms with van der Waals surface area (Å²) >= 11 is 0. The summed E-state index contributed by atoms with van der Waals surface area (Å²) in [5, 5.41) is 0. The molecule has 2 aromatic carbocycles. The van der Waals surface area contributed by atoms with Gasteiger partial charge >= 0.3 is 0 Å². The first kappa shape index (κ1) is 20.2. The van der Waals surface area contributed by atoms with E-state index in [2.05, 4.69) is 19.9 Å². The van der Waals surface area contributed by atoms with E-state index in [-0.39, 0.29) is 30.4 Å². The minimum Gasteiger partial charge on any atom is -0.437 e. The maximum atomic E-state index is 13.5. The maximum absolute atomic E-state index is 13.5. The second-order valence-corrected chi connectivity index (χ2v) is 7.94. The quantitative estimate of drug-likeness (QED) is 0.410. The molecule has 1 N–H and O–H groups in total. The molecule has 0 unspecified atom stereocenters. The van der Waals surface area contributed by atoms with Gasteiger partial charge in [0.15, 0.2) is 5.82 Å². The highest BCUT2D eigenvalue weighted by molar-refractivity contribution is 6.08. The molecule has 32 heavy (non-hydrogen) atoms. The van der Waals surface area contributed by atoms with Gasteiger partial charge in [-0.15, -0.1) is 0 Å². The number of aromatic nitrogens is 4. The van der Waals surface area contributed by atoms with Crippen molar-refractivity contribution < 1.29 is 18.3 Å². The average molecular weight is 434 g/mol. The number of H-pyrrole nitrogens is 1. The van der Waals surface area contributed by atoms with Crippen molar-refractivity contribution in [2.45, 2.75) is 37.5 Å². The molecule has 1 aliphatic carbocycles. The van der Waals surface area contributed by atoms with Crippen LogP contribution in [0.25, 0.3) is 11.0 Å². The van der Waals surface area contributed by atoms with Crippen LogP contribution in [0.1, 0.15) is 53.5 Å². The monoisotopic (exact) mass is 434 g/mol. The minimum absolute atomic E-state index is 0.118. The Hall–Kier alpha value is -3.68. The van der Waals surface area contributed by atoms with Gasteiger partial charge in [-0.3, -0.25) is 9.78 Å². The molecule has 162 valence electrons. The lowest BCUT2D eigenvalue weighted by Gasteiger charge is -2.28. The highest BCUT2D eigenvalue weighted by Gasteiger charge is 2.37. The van der Waals surface area contributed by atoms with Crippen LogP contribution in [0.5, 0.6) is 11.6 Å². The number of hydrogen-bond acceptors (Lipinski definition) is 5. The normalized spacial score (nSPS) is 16.2. The van der Waals surface area contributed by atoms with Crippen molar-refractivity contribution in [3.8, 4) is 11.6 Å². The predicted octanol–water partition coefficient (Wildman–Crippen LogP) is 5.67. The zero-order valence-electron chi connectivity index (χ0n) is 17.1. The second kappa shape index (κ2) is 8.11. The number of imidazole rings is 1. The molecular weight excluding hydrogens is 414 g/mol. The van der Waals surface area contributed by atoms with Crippen LogP contribution >= 0.6 is 0 Å². The van der Waals surface area contributed by atoms with E-state index in [1.54, 1.807) is 30.5 Å². The summed E-state index contributed by atoms with van der Waals surface area (Å²) in [6.45, 7) is 0. The van der Waals surface area contributed by atoms with Crippen LogP contribution in [0.15, 0.2) is 60.9 Å². The topological polar surface area (TPSA) is 80.8 Å². The van der Waals surface area contributed by atoms with Crippen molar-refractivity contribution in [1.82, 2.24) is 19.9 Å². The van der Waals surface area contributed by atoms with Gasteiger partial charge in [-0.05, 0) is 49.2 Å². The van der Waals surface area contributed by atoms with E-state index in [1.165, 1.54) is 6.20 Å². The molecule has 0 amide bonds. The summed E-state index contributed by atoms with van der Waals surface area (Å²) in [6, 6.07) is 14.1. The second-order valence-electron chi connectivity index (χ2n) is 7.94. The van der Waals surface area contributed by atoms with Crippen molar-refractivity contribution in [2.75, 3.05) is 0 Å². The first-order valence-electron chi connectivity index (χ1n) is 10.4. The lowest BCUT2D eigenvalue weighted by atomic mass is 9.84. The van der Waals surface area contributed by atoms with Gasteiger partial charge in [0, 0.05) is 36.7 Å². The highest BCUT2D eigenvalue weighted by Crippen LogP contribution is 2.42. The average Bonchev–Trinajstić information content (AvgIpc) is 3.24. The molecule has 4 aromatic rings. The zero-order valence-corrected chi connectivity index (χ0v) is 17.1. The van der Waals surface area contributed by atoms with Crippen molar-refractivity contribution in [1.29, 1.82) is 0 Å². The Morgan fingerprint density at radius 2 is 1.72 bits per heavy atom. The number of benzene rings is 2. The Morgan fingerprint density at radius 3 is 2.47 bits per heavy atom. The molecule has 0 radical (unpaired) electrons. The van der Waals surface area contributed by atoms with Gasteiger partial charge < -0.3 is 9.72 Å². The van der Waals surface area contributed by atoms with Crippen LogP contribution in [0, 0.1) is 0 Å². The third-order valence-electron chi connectivity index (χ3n) is 5.73. The van der Waals surface area contributed by atoms with E-state index in [9.17, 15) is 13.6 Å². The van der Waals surface area contributed by atoms with Crippen LogP contribution in [-0.2, 0) is 0 Å². The summed E-state index contributed by atoms with van der Waals surface area (Å²) in [5.74, 6) is -1.90. The molecule has 0 atom stereocenters. The smallest absolute Gasteiger partial charge is 0.248 e. The van der Waals surface area contributed by atoms with E-state index in [1.807, 2.05) is 24.3 Å². The molecule has 2 aromatic heterocycles. The number of aromatic amines is 1. The molecule has 6 nitrogen and oxygen atoms in total. The van der Waals surface area contributed by atoms with Crippen LogP contribution < -0.4 is 4.74 Å². The Labute approximate surface area is 182 Å². The number of rotatable bonds is 5. The van der Waals surface area contributed by atoms with Crippen molar-refractivity contribution in [3.63, 3.8) is 0 Å². The Bertz CT molecular complexity index is 1230. The molecule has 0 spiro atoms. The molecule has 5 rings (SSSR count). The van der Waals surface area contributed by atoms with Gasteiger partial charge in [0.05, 0.1) is 11.0 Å². The van der Waals surface area contributed by atoms with E-state index in [4.69, 9.17) is 4.74 Å². The summed E-state index contributed by atoms with van der Waals surface area (Å²) in [5.41, 5.74) is 2.58. The number of hydrogen-bond donors (Lipinski definition) is 1. The molecule has 0 saturated heterocycles. The van der Waals surface area contributed by atoms with E-state index >= 15 is 0 Å². The molecule has 1 saturated carbocycles. The van der Waals surface area contributed by atoms with Gasteiger partial charge in [0.25, 0.3) is 0 Å². The van der Waals surface area contributed by atoms with E-state index < -0.39 is 5.92 Å². The number of carbonyl (C=O) groups excluding carboxylic acids is 1. The number of halogens is 2. The van der Waals surface area contributed by atoms with Gasteiger partial charge in [0.1, 0.15) is 11.4 Å². The molecular formula is C24H20F2N4O2. The lowest BCUT2D eigenvalue weighted by molar-refractivity contribution is -0.0386. The fourth-order valence-electron chi connectivity index (χ4n) is 3.99. The first-order chi connectivity index (χ1) is 15.5. The van der Waals surface area contributed by atoms with Crippen LogP contribution in [0.2, 0.25) is 0 Å². The first-order valence-corrected chi connectivity index (χ1v) is 10.4. The number of ketones is 1. The summed E-state index contributed by atoms with van der Waals surface area (Å²) in [6.07, 6.45) is 3.42. The Kier molecular flexibility index (Phi) is 5.13. The number of para-hydroxylation sites is 2. The van der Waals surface area contributed by atoms with Crippen LogP contribution in [0.4, 0.5) is 8.78 Å². The fraction of sp³-hybridized carbons (Fsp3) is 0.250. The fourth-order valence-corrected chi connectivity index (χ4v) is 3.99. The zero-order chi connectivity index (χ0) is 22.1. The summed E-state index contributed by atoms with van der Waals surface area (Å²) in [4.78, 5) is 28.8. The summed E-state index contributed by atoms with van der Waals surface area (Å²) in [7, 11) is 0. The van der Waals surface area contributed by atoms with Gasteiger partial charge in [-0.1, -0.05) is 12.1 Å². The van der Waals surface area contributed by atoms with Gasteiger partial charge in [-0.25, -0.2) is 18.7 Å². The number of fused-ring (bicyclic) bond motifs is 1. The van der Waals surface area contributed by atoms with Crippen molar-refractivity contribution in [3.05, 3.63) is 78.0 Å². The Balaban J connectivity index is 1.33. The van der Waals surface area contributed by atoms with Crippen LogP contribution in [-0.4, -0.2) is 31.6 Å². The van der Waals surface area contributed by atoms with Gasteiger partial charge in [-0.2, -0.15) is 0 Å². The number of alkyl halides is 2. The molecule has 0 bridgehead atoms. The maximum Gasteiger partial charge on any atom is 0.248 e. The highest BCUT2D eigenvalue weighted by atomic mass is 19.3. The number of ether oxygens (including phenoxy) is 1. The molecule has 2 heterocycles. The van der Waals surface area contributed by atoms with Crippen molar-refractivity contribution >= 4 is 16.8 Å². The number of nitrogens with zero attached hydrogens (tertiary/aromatic N) is 3.